The van der Waals surface area contributed by atoms with Gasteiger partial charge in [-0.25, -0.2) is 8.42 Å². The number of carbonyl (C=O) groups excluding carboxylic acids is 1. The lowest BCUT2D eigenvalue weighted by Crippen LogP contribution is -2.17. The third-order valence-electron chi connectivity index (χ3n) is 3.93. The van der Waals surface area contributed by atoms with E-state index in [0.29, 0.717) is 17.1 Å². The zero-order valence-corrected chi connectivity index (χ0v) is 17.5. The topological polar surface area (TPSA) is 84.5 Å². The van der Waals surface area contributed by atoms with Crippen LogP contribution in [0.4, 0.5) is 11.4 Å². The van der Waals surface area contributed by atoms with Gasteiger partial charge in [0.25, 0.3) is 15.9 Å². The zero-order chi connectivity index (χ0) is 21.0. The third kappa shape index (κ3) is 5.00. The maximum atomic E-state index is 12.8. The number of hydrogen-bond acceptors (Lipinski definition) is 4. The van der Waals surface area contributed by atoms with Crippen molar-refractivity contribution >= 4 is 50.5 Å². The Balaban J connectivity index is 1.92. The van der Waals surface area contributed by atoms with Gasteiger partial charge in [-0.05, 0) is 48.5 Å². The van der Waals surface area contributed by atoms with Crippen molar-refractivity contribution < 1.29 is 17.9 Å². The second-order valence-corrected chi connectivity index (χ2v) is 8.38. The molecular formula is C20H16Cl2N2O4S. The molecule has 0 unspecified atom stereocenters. The largest absolute Gasteiger partial charge is 0.497 e. The maximum Gasteiger partial charge on any atom is 0.263 e. The molecule has 0 bridgehead atoms. The number of ether oxygens (including phenoxy) is 1. The first kappa shape index (κ1) is 21.0. The number of sulfonamides is 1. The predicted octanol–water partition coefficient (Wildman–Crippen LogP) is 5.06. The first-order valence-corrected chi connectivity index (χ1v) is 10.6. The summed E-state index contributed by atoms with van der Waals surface area (Å²) in [5.41, 5.74) is 0.839. The van der Waals surface area contributed by atoms with Crippen LogP contribution in [0.15, 0.2) is 71.6 Å². The highest BCUT2D eigenvalue weighted by Crippen LogP contribution is 2.31. The first-order valence-electron chi connectivity index (χ1n) is 8.32. The molecule has 3 rings (SSSR count). The summed E-state index contributed by atoms with van der Waals surface area (Å²) < 4.78 is 33.1. The normalized spacial score (nSPS) is 11.0. The van der Waals surface area contributed by atoms with Crippen LogP contribution in [0, 0.1) is 0 Å². The fraction of sp³-hybridized carbons (Fsp3) is 0.0500. The minimum Gasteiger partial charge on any atom is -0.497 e. The van der Waals surface area contributed by atoms with Crippen LogP contribution in [0.5, 0.6) is 5.75 Å². The molecule has 0 saturated heterocycles. The highest BCUT2D eigenvalue weighted by atomic mass is 35.5. The van der Waals surface area contributed by atoms with E-state index in [1.165, 1.54) is 13.2 Å². The Morgan fingerprint density at radius 2 is 1.55 bits per heavy atom. The van der Waals surface area contributed by atoms with Gasteiger partial charge in [0.2, 0.25) is 0 Å². The van der Waals surface area contributed by atoms with Gasteiger partial charge in [0.1, 0.15) is 10.6 Å². The van der Waals surface area contributed by atoms with E-state index in [-0.39, 0.29) is 20.5 Å². The number of halogens is 2. The standard InChI is InChI=1S/C20H16Cl2N2O4S/c1-28-15-9-7-14(8-10-15)24-29(26,27)19-11-16(17(21)12-18(19)22)20(25)23-13-5-3-2-4-6-13/h2-12,24H,1H3,(H,23,25). The van der Waals surface area contributed by atoms with E-state index in [1.54, 1.807) is 54.6 Å². The van der Waals surface area contributed by atoms with Crippen LogP contribution in [-0.2, 0) is 10.0 Å². The van der Waals surface area contributed by atoms with Crippen molar-refractivity contribution in [3.05, 3.63) is 82.3 Å². The Bertz CT molecular complexity index is 1140. The minimum atomic E-state index is -4.07. The number of anilines is 2. The van der Waals surface area contributed by atoms with Crippen molar-refractivity contribution in [3.8, 4) is 5.75 Å². The number of hydrogen-bond donors (Lipinski definition) is 2. The van der Waals surface area contributed by atoms with Crippen molar-refractivity contribution in [2.24, 2.45) is 0 Å². The summed E-state index contributed by atoms with van der Waals surface area (Å²) in [6, 6.07) is 17.4. The molecule has 9 heteroatoms. The van der Waals surface area contributed by atoms with Gasteiger partial charge in [-0.15, -0.1) is 0 Å². The second kappa shape index (κ2) is 8.73. The van der Waals surface area contributed by atoms with Crippen molar-refractivity contribution in [2.75, 3.05) is 17.1 Å². The van der Waals surface area contributed by atoms with Gasteiger partial charge in [0, 0.05) is 11.4 Å². The maximum absolute atomic E-state index is 12.8. The van der Waals surface area contributed by atoms with Gasteiger partial charge in [0.05, 0.1) is 22.7 Å². The molecule has 1 amide bonds. The van der Waals surface area contributed by atoms with E-state index < -0.39 is 15.9 Å². The highest BCUT2D eigenvalue weighted by Gasteiger charge is 2.23. The lowest BCUT2D eigenvalue weighted by Gasteiger charge is -2.13. The smallest absolute Gasteiger partial charge is 0.263 e. The molecule has 0 saturated carbocycles. The number of carbonyl (C=O) groups is 1. The molecule has 0 aliphatic heterocycles. The Hall–Kier alpha value is -2.74. The number of para-hydroxylation sites is 1. The predicted molar refractivity (Wildman–Crippen MR) is 115 cm³/mol. The average Bonchev–Trinajstić information content (AvgIpc) is 2.68. The summed E-state index contributed by atoms with van der Waals surface area (Å²) in [5, 5.41) is 2.59. The van der Waals surface area contributed by atoms with Gasteiger partial charge in [-0.2, -0.15) is 0 Å². The Morgan fingerprint density at radius 3 is 2.17 bits per heavy atom. The van der Waals surface area contributed by atoms with Gasteiger partial charge >= 0.3 is 0 Å². The van der Waals surface area contributed by atoms with Crippen LogP contribution in [-0.4, -0.2) is 21.4 Å². The third-order valence-corrected chi connectivity index (χ3v) is 6.09. The molecule has 0 atom stereocenters. The van der Waals surface area contributed by atoms with Crippen molar-refractivity contribution in [3.63, 3.8) is 0 Å². The molecular weight excluding hydrogens is 435 g/mol. The average molecular weight is 451 g/mol. The number of nitrogens with one attached hydrogen (secondary N) is 2. The van der Waals surface area contributed by atoms with Crippen LogP contribution in [0.3, 0.4) is 0 Å². The quantitative estimate of drug-likeness (QED) is 0.549. The number of amides is 1. The summed E-state index contributed by atoms with van der Waals surface area (Å²) >= 11 is 12.2. The molecule has 0 aromatic heterocycles. The van der Waals surface area contributed by atoms with Gasteiger partial charge in [0.15, 0.2) is 0 Å². The van der Waals surface area contributed by atoms with Crippen molar-refractivity contribution in [1.29, 1.82) is 0 Å². The van der Waals surface area contributed by atoms with Crippen molar-refractivity contribution in [1.82, 2.24) is 0 Å². The molecule has 3 aromatic carbocycles. The monoisotopic (exact) mass is 450 g/mol. The van der Waals surface area contributed by atoms with Gasteiger partial charge in [-0.3, -0.25) is 9.52 Å². The van der Waals surface area contributed by atoms with Crippen LogP contribution in [0.1, 0.15) is 10.4 Å². The Morgan fingerprint density at radius 1 is 0.897 bits per heavy atom. The van der Waals surface area contributed by atoms with E-state index in [9.17, 15) is 13.2 Å². The van der Waals surface area contributed by atoms with E-state index in [4.69, 9.17) is 27.9 Å². The molecule has 6 nitrogen and oxygen atoms in total. The molecule has 29 heavy (non-hydrogen) atoms. The fourth-order valence-corrected chi connectivity index (χ4v) is 4.42. The molecule has 0 aliphatic carbocycles. The lowest BCUT2D eigenvalue weighted by molar-refractivity contribution is 0.102. The van der Waals surface area contributed by atoms with Crippen LogP contribution >= 0.6 is 23.2 Å². The second-order valence-electron chi connectivity index (χ2n) is 5.92. The summed E-state index contributed by atoms with van der Waals surface area (Å²) in [7, 11) is -2.56. The SMILES string of the molecule is COc1ccc(NS(=O)(=O)c2cc(C(=O)Nc3ccccc3)c(Cl)cc2Cl)cc1. The molecule has 0 spiro atoms. The van der Waals surface area contributed by atoms with Crippen LogP contribution in [0.2, 0.25) is 10.0 Å². The first-order chi connectivity index (χ1) is 13.8. The molecule has 3 aromatic rings. The summed E-state index contributed by atoms with van der Waals surface area (Å²) in [6.45, 7) is 0. The molecule has 0 fully saturated rings. The van der Waals surface area contributed by atoms with Gasteiger partial charge in [-0.1, -0.05) is 41.4 Å². The van der Waals surface area contributed by atoms with Crippen molar-refractivity contribution in [2.45, 2.75) is 4.90 Å². The molecule has 150 valence electrons. The Labute approximate surface area is 178 Å². The van der Waals surface area contributed by atoms with E-state index >= 15 is 0 Å². The number of rotatable bonds is 6. The molecule has 0 radical (unpaired) electrons. The molecule has 0 heterocycles. The molecule has 2 N–H and O–H groups in total. The number of benzene rings is 3. The summed E-state index contributed by atoms with van der Waals surface area (Å²) in [6.07, 6.45) is 0. The lowest BCUT2D eigenvalue weighted by atomic mass is 10.2. The van der Waals surface area contributed by atoms with E-state index in [2.05, 4.69) is 10.0 Å². The summed E-state index contributed by atoms with van der Waals surface area (Å²) in [4.78, 5) is 12.3. The van der Waals surface area contributed by atoms with Gasteiger partial charge < -0.3 is 10.1 Å². The van der Waals surface area contributed by atoms with E-state index in [0.717, 1.165) is 6.07 Å². The number of methoxy groups -OCH3 is 1. The fourth-order valence-electron chi connectivity index (χ4n) is 2.50. The highest BCUT2D eigenvalue weighted by molar-refractivity contribution is 7.92. The minimum absolute atomic E-state index is 0.0185. The van der Waals surface area contributed by atoms with E-state index in [1.807, 2.05) is 0 Å². The summed E-state index contributed by atoms with van der Waals surface area (Å²) in [5.74, 6) is 0.0242. The Kier molecular flexibility index (Phi) is 6.32. The molecule has 0 aliphatic rings. The van der Waals surface area contributed by atoms with Crippen LogP contribution < -0.4 is 14.8 Å². The zero-order valence-electron chi connectivity index (χ0n) is 15.1. The van der Waals surface area contributed by atoms with Crippen LogP contribution in [0.25, 0.3) is 0 Å².